The van der Waals surface area contributed by atoms with Gasteiger partial charge in [-0.05, 0) is 36.7 Å². The summed E-state index contributed by atoms with van der Waals surface area (Å²) in [5.41, 5.74) is 4.01. The Morgan fingerprint density at radius 2 is 1.90 bits per heavy atom. The molecule has 1 fully saturated rings. The average molecular weight is 287 g/mol. The summed E-state index contributed by atoms with van der Waals surface area (Å²) in [6.07, 6.45) is 12.0. The first kappa shape index (κ1) is 14.7. The van der Waals surface area contributed by atoms with Crippen LogP contribution in [0.1, 0.15) is 37.7 Å². The lowest BCUT2D eigenvalue weighted by atomic mass is 9.96. The van der Waals surface area contributed by atoms with E-state index in [1.54, 1.807) is 6.21 Å². The van der Waals surface area contributed by atoms with Crippen molar-refractivity contribution in [3.63, 3.8) is 0 Å². The Hall–Kier alpha value is -1.68. The van der Waals surface area contributed by atoms with Crippen LogP contribution in [-0.2, 0) is 0 Å². The normalized spacial score (nSPS) is 16.6. The van der Waals surface area contributed by atoms with E-state index in [4.69, 9.17) is 12.2 Å². The van der Waals surface area contributed by atoms with Crippen LogP contribution in [0.3, 0.4) is 0 Å². The molecule has 1 saturated carbocycles. The third kappa shape index (κ3) is 5.53. The summed E-state index contributed by atoms with van der Waals surface area (Å²) in [5, 5.41) is 8.01. The van der Waals surface area contributed by atoms with Crippen LogP contribution in [0.2, 0.25) is 0 Å². The van der Waals surface area contributed by atoms with Gasteiger partial charge in [0, 0.05) is 12.3 Å². The molecule has 0 amide bonds. The van der Waals surface area contributed by atoms with Crippen molar-refractivity contribution in [2.24, 2.45) is 5.10 Å². The Balaban J connectivity index is 1.67. The van der Waals surface area contributed by atoms with Crippen molar-refractivity contribution in [3.8, 4) is 0 Å². The number of nitrogens with zero attached hydrogens (tertiary/aromatic N) is 1. The van der Waals surface area contributed by atoms with Crippen molar-refractivity contribution in [2.45, 2.75) is 38.1 Å². The van der Waals surface area contributed by atoms with Gasteiger partial charge in [0.2, 0.25) is 0 Å². The van der Waals surface area contributed by atoms with Crippen LogP contribution in [-0.4, -0.2) is 17.4 Å². The minimum atomic E-state index is 0.513. The maximum Gasteiger partial charge on any atom is 0.187 e. The van der Waals surface area contributed by atoms with Gasteiger partial charge < -0.3 is 5.32 Å². The van der Waals surface area contributed by atoms with Gasteiger partial charge in [-0.1, -0.05) is 55.7 Å². The van der Waals surface area contributed by atoms with Crippen LogP contribution in [0.25, 0.3) is 6.08 Å². The van der Waals surface area contributed by atoms with Crippen LogP contribution in [0, 0.1) is 0 Å². The highest BCUT2D eigenvalue weighted by Crippen LogP contribution is 2.17. The zero-order valence-electron chi connectivity index (χ0n) is 11.6. The highest BCUT2D eigenvalue weighted by molar-refractivity contribution is 7.80. The summed E-state index contributed by atoms with van der Waals surface area (Å²) in [5.74, 6) is 0. The largest absolute Gasteiger partial charge is 0.359 e. The van der Waals surface area contributed by atoms with E-state index in [1.165, 1.54) is 32.1 Å². The van der Waals surface area contributed by atoms with E-state index in [9.17, 15) is 0 Å². The van der Waals surface area contributed by atoms with E-state index >= 15 is 0 Å². The highest BCUT2D eigenvalue weighted by atomic mass is 32.1. The Morgan fingerprint density at radius 1 is 1.15 bits per heavy atom. The molecule has 106 valence electrons. The number of rotatable bonds is 4. The Labute approximate surface area is 126 Å². The smallest absolute Gasteiger partial charge is 0.187 e. The van der Waals surface area contributed by atoms with E-state index in [1.807, 2.05) is 42.5 Å². The van der Waals surface area contributed by atoms with Crippen LogP contribution in [0.4, 0.5) is 0 Å². The Morgan fingerprint density at radius 3 is 2.65 bits per heavy atom. The third-order valence-corrected chi connectivity index (χ3v) is 3.56. The molecule has 1 aliphatic rings. The van der Waals surface area contributed by atoms with E-state index in [-0.39, 0.29) is 0 Å². The van der Waals surface area contributed by atoms with Gasteiger partial charge in [0.05, 0.1) is 0 Å². The van der Waals surface area contributed by atoms with Gasteiger partial charge in [0.1, 0.15) is 0 Å². The van der Waals surface area contributed by atoms with Gasteiger partial charge >= 0.3 is 0 Å². The molecular formula is C16H21N3S. The third-order valence-electron chi connectivity index (χ3n) is 3.36. The van der Waals surface area contributed by atoms with Crippen LogP contribution >= 0.6 is 12.2 Å². The summed E-state index contributed by atoms with van der Waals surface area (Å²) < 4.78 is 0. The fourth-order valence-electron chi connectivity index (χ4n) is 2.32. The number of benzene rings is 1. The molecule has 1 aromatic carbocycles. The van der Waals surface area contributed by atoms with Gasteiger partial charge in [0.25, 0.3) is 0 Å². The van der Waals surface area contributed by atoms with E-state index in [0.717, 1.165) is 5.56 Å². The summed E-state index contributed by atoms with van der Waals surface area (Å²) >= 11 is 5.22. The second kappa shape index (κ2) is 8.48. The zero-order valence-corrected chi connectivity index (χ0v) is 12.4. The summed E-state index contributed by atoms with van der Waals surface area (Å²) in [7, 11) is 0. The van der Waals surface area contributed by atoms with Crippen molar-refractivity contribution < 1.29 is 0 Å². The molecule has 0 radical (unpaired) electrons. The molecule has 3 nitrogen and oxygen atoms in total. The van der Waals surface area contributed by atoms with E-state index in [2.05, 4.69) is 15.8 Å². The lowest BCUT2D eigenvalue weighted by Gasteiger charge is -2.23. The van der Waals surface area contributed by atoms with Crippen molar-refractivity contribution in [1.29, 1.82) is 0 Å². The van der Waals surface area contributed by atoms with Crippen LogP contribution in [0.5, 0.6) is 0 Å². The quantitative estimate of drug-likeness (QED) is 0.506. The SMILES string of the molecule is S=C(NN=CC=Cc1ccccc1)NC1CCCCC1. The number of hydrogen-bond acceptors (Lipinski definition) is 2. The van der Waals surface area contributed by atoms with Gasteiger partial charge in [-0.15, -0.1) is 0 Å². The van der Waals surface area contributed by atoms with Crippen LogP contribution < -0.4 is 10.7 Å². The number of thiocarbonyl (C=S) groups is 1. The minimum Gasteiger partial charge on any atom is -0.359 e. The average Bonchev–Trinajstić information content (AvgIpc) is 2.49. The van der Waals surface area contributed by atoms with Crippen molar-refractivity contribution in [2.75, 3.05) is 0 Å². The molecule has 0 saturated heterocycles. The molecular weight excluding hydrogens is 266 g/mol. The maximum atomic E-state index is 5.22. The van der Waals surface area contributed by atoms with E-state index < -0.39 is 0 Å². The monoisotopic (exact) mass is 287 g/mol. The number of allylic oxidation sites excluding steroid dienone is 1. The molecule has 1 aromatic rings. The molecule has 0 bridgehead atoms. The summed E-state index contributed by atoms with van der Waals surface area (Å²) in [4.78, 5) is 0. The maximum absolute atomic E-state index is 5.22. The Kier molecular flexibility index (Phi) is 6.24. The fraction of sp³-hybridized carbons (Fsp3) is 0.375. The first-order valence-corrected chi connectivity index (χ1v) is 7.57. The number of hydrazone groups is 1. The van der Waals surface area contributed by atoms with Gasteiger partial charge in [-0.25, -0.2) is 0 Å². The first-order valence-electron chi connectivity index (χ1n) is 7.16. The van der Waals surface area contributed by atoms with Crippen LogP contribution in [0.15, 0.2) is 41.5 Å². The minimum absolute atomic E-state index is 0.513. The number of hydrogen-bond donors (Lipinski definition) is 2. The lowest BCUT2D eigenvalue weighted by Crippen LogP contribution is -2.40. The van der Waals surface area contributed by atoms with E-state index in [0.29, 0.717) is 11.2 Å². The van der Waals surface area contributed by atoms with Crippen molar-refractivity contribution >= 4 is 29.6 Å². The molecule has 20 heavy (non-hydrogen) atoms. The second-order valence-electron chi connectivity index (χ2n) is 4.97. The summed E-state index contributed by atoms with van der Waals surface area (Å²) in [6, 6.07) is 10.6. The molecule has 4 heteroatoms. The molecule has 0 spiro atoms. The number of nitrogens with one attached hydrogen (secondary N) is 2. The van der Waals surface area contributed by atoms with Gasteiger partial charge in [-0.2, -0.15) is 5.10 Å². The standard InChI is InChI=1S/C16H21N3S/c20-16(18-15-11-5-2-6-12-15)19-17-13-7-10-14-8-3-1-4-9-14/h1,3-4,7-10,13,15H,2,5-6,11-12H2,(H2,18,19,20). The molecule has 0 heterocycles. The predicted molar refractivity (Wildman–Crippen MR) is 89.7 cm³/mol. The molecule has 0 atom stereocenters. The lowest BCUT2D eigenvalue weighted by molar-refractivity contribution is 0.412. The van der Waals surface area contributed by atoms with Gasteiger partial charge in [0.15, 0.2) is 5.11 Å². The topological polar surface area (TPSA) is 36.4 Å². The molecule has 1 aliphatic carbocycles. The first-order chi connectivity index (χ1) is 9.84. The molecule has 2 N–H and O–H groups in total. The second-order valence-corrected chi connectivity index (χ2v) is 5.38. The molecule has 2 rings (SSSR count). The zero-order chi connectivity index (χ0) is 14.0. The molecule has 0 unspecified atom stereocenters. The molecule has 0 aromatic heterocycles. The fourth-order valence-corrected chi connectivity index (χ4v) is 2.54. The Bertz CT molecular complexity index is 462. The van der Waals surface area contributed by atoms with Crippen molar-refractivity contribution in [3.05, 3.63) is 42.0 Å². The predicted octanol–water partition coefficient (Wildman–Crippen LogP) is 3.48. The molecule has 0 aliphatic heterocycles. The van der Waals surface area contributed by atoms with Crippen molar-refractivity contribution in [1.82, 2.24) is 10.7 Å². The van der Waals surface area contributed by atoms with Gasteiger partial charge in [-0.3, -0.25) is 5.43 Å². The highest BCUT2D eigenvalue weighted by Gasteiger charge is 2.13. The summed E-state index contributed by atoms with van der Waals surface area (Å²) in [6.45, 7) is 0.